The van der Waals surface area contributed by atoms with Gasteiger partial charge in [0.1, 0.15) is 11.3 Å². The van der Waals surface area contributed by atoms with Crippen molar-refractivity contribution >= 4 is 11.1 Å². The molecule has 0 aliphatic heterocycles. The van der Waals surface area contributed by atoms with Crippen LogP contribution in [0.25, 0.3) is 22.6 Å². The van der Waals surface area contributed by atoms with E-state index in [2.05, 4.69) is 47.6 Å². The Morgan fingerprint density at radius 2 is 1.50 bits per heavy atom. The predicted octanol–water partition coefficient (Wildman–Crippen LogP) is 5.80. The molecule has 0 unspecified atom stereocenters. The van der Waals surface area contributed by atoms with Gasteiger partial charge < -0.3 is 14.3 Å². The number of nitrogens with zero attached hydrogens (tertiary/aromatic N) is 1. The Morgan fingerprint density at radius 3 is 2.00 bits per heavy atom. The van der Waals surface area contributed by atoms with E-state index in [-0.39, 0.29) is 16.6 Å². The van der Waals surface area contributed by atoms with Gasteiger partial charge in [-0.25, -0.2) is 4.98 Å². The van der Waals surface area contributed by atoms with Crippen LogP contribution in [0.4, 0.5) is 0 Å². The molecule has 138 valence electrons. The summed E-state index contributed by atoms with van der Waals surface area (Å²) in [5.74, 6) is 1.44. The normalized spacial score (nSPS) is 12.6. The molecule has 1 heterocycles. The highest BCUT2D eigenvalue weighted by Gasteiger charge is 2.29. The molecule has 1 aromatic heterocycles. The molecule has 0 aliphatic rings. The third kappa shape index (κ3) is 3.16. The number of aromatic hydroxyl groups is 1. The van der Waals surface area contributed by atoms with Gasteiger partial charge in [-0.2, -0.15) is 0 Å². The van der Waals surface area contributed by atoms with Crippen molar-refractivity contribution in [1.29, 1.82) is 0 Å². The van der Waals surface area contributed by atoms with Crippen LogP contribution in [0.3, 0.4) is 0 Å². The molecule has 0 aliphatic carbocycles. The second-order valence-electron chi connectivity index (χ2n) is 8.75. The van der Waals surface area contributed by atoms with Crippen molar-refractivity contribution in [3.8, 4) is 23.0 Å². The molecule has 4 heteroatoms. The lowest BCUT2D eigenvalue weighted by molar-refractivity contribution is 0.415. The first kappa shape index (κ1) is 18.3. The largest absolute Gasteiger partial charge is 0.504 e. The van der Waals surface area contributed by atoms with Crippen LogP contribution in [0.15, 0.2) is 34.7 Å². The Labute approximate surface area is 154 Å². The zero-order valence-corrected chi connectivity index (χ0v) is 16.6. The van der Waals surface area contributed by atoms with Gasteiger partial charge in [0, 0.05) is 11.1 Å². The second kappa shape index (κ2) is 6.04. The minimum atomic E-state index is -0.203. The van der Waals surface area contributed by atoms with E-state index in [9.17, 15) is 5.11 Å². The molecule has 3 aromatic rings. The van der Waals surface area contributed by atoms with Crippen LogP contribution in [-0.2, 0) is 10.8 Å². The van der Waals surface area contributed by atoms with E-state index in [1.54, 1.807) is 7.11 Å². The zero-order valence-electron chi connectivity index (χ0n) is 16.6. The Balaban J connectivity index is 2.28. The fourth-order valence-corrected chi connectivity index (χ4v) is 3.07. The van der Waals surface area contributed by atoms with Crippen LogP contribution < -0.4 is 4.74 Å². The molecule has 0 fully saturated rings. The summed E-state index contributed by atoms with van der Waals surface area (Å²) >= 11 is 0. The van der Waals surface area contributed by atoms with Crippen LogP contribution in [-0.4, -0.2) is 17.2 Å². The molecule has 0 saturated carbocycles. The lowest BCUT2D eigenvalue weighted by atomic mass is 9.79. The summed E-state index contributed by atoms with van der Waals surface area (Å²) in [7, 11) is 1.64. The number of hydrogen-bond donors (Lipinski definition) is 1. The second-order valence-corrected chi connectivity index (χ2v) is 8.75. The van der Waals surface area contributed by atoms with Gasteiger partial charge in [-0.1, -0.05) is 41.5 Å². The lowest BCUT2D eigenvalue weighted by Gasteiger charge is -2.25. The molecular weight excluding hydrogens is 326 g/mol. The summed E-state index contributed by atoms with van der Waals surface area (Å²) in [6.45, 7) is 12.7. The summed E-state index contributed by atoms with van der Waals surface area (Å²) in [5.41, 5.74) is 3.62. The van der Waals surface area contributed by atoms with Gasteiger partial charge in [0.25, 0.3) is 0 Å². The van der Waals surface area contributed by atoms with Crippen LogP contribution in [0, 0.1) is 0 Å². The molecule has 26 heavy (non-hydrogen) atoms. The number of oxazole rings is 1. The Kier molecular flexibility index (Phi) is 4.26. The topological polar surface area (TPSA) is 55.5 Å². The maximum absolute atomic E-state index is 10.9. The fourth-order valence-electron chi connectivity index (χ4n) is 3.07. The zero-order chi connectivity index (χ0) is 19.3. The van der Waals surface area contributed by atoms with Crippen molar-refractivity contribution in [2.24, 2.45) is 0 Å². The molecule has 2 aromatic carbocycles. The number of benzene rings is 2. The third-order valence-corrected chi connectivity index (χ3v) is 4.59. The smallest absolute Gasteiger partial charge is 0.227 e. The number of methoxy groups -OCH3 is 1. The van der Waals surface area contributed by atoms with Gasteiger partial charge in [-0.15, -0.1) is 0 Å². The average molecular weight is 353 g/mol. The first-order chi connectivity index (χ1) is 12.0. The standard InChI is InChI=1S/C22H27NO3/c1-21(2,3)15-12-16(22(4,5)6)18(24)19-17(15)23-20(26-19)13-8-10-14(25-7)11-9-13/h8-12,24H,1-7H3. The first-order valence-electron chi connectivity index (χ1n) is 8.84. The van der Waals surface area contributed by atoms with Gasteiger partial charge in [-0.3, -0.25) is 0 Å². The first-order valence-corrected chi connectivity index (χ1v) is 8.84. The summed E-state index contributed by atoms with van der Waals surface area (Å²) in [5, 5.41) is 10.9. The van der Waals surface area contributed by atoms with Gasteiger partial charge in [-0.05, 0) is 46.7 Å². The van der Waals surface area contributed by atoms with Crippen molar-refractivity contribution in [2.75, 3.05) is 7.11 Å². The molecule has 0 amide bonds. The van der Waals surface area contributed by atoms with Gasteiger partial charge in [0.05, 0.1) is 7.11 Å². The molecule has 0 atom stereocenters. The Bertz CT molecular complexity index is 939. The Hall–Kier alpha value is -2.49. The molecule has 4 nitrogen and oxygen atoms in total. The van der Waals surface area contributed by atoms with E-state index in [0.717, 1.165) is 22.4 Å². The van der Waals surface area contributed by atoms with Gasteiger partial charge in [0.15, 0.2) is 11.3 Å². The van der Waals surface area contributed by atoms with Crippen molar-refractivity contribution in [2.45, 2.75) is 52.4 Å². The number of rotatable bonds is 2. The number of hydrogen-bond acceptors (Lipinski definition) is 4. The van der Waals surface area contributed by atoms with E-state index in [0.29, 0.717) is 17.0 Å². The van der Waals surface area contributed by atoms with Gasteiger partial charge in [0.2, 0.25) is 5.89 Å². The maximum atomic E-state index is 10.9. The molecule has 0 saturated heterocycles. The number of ether oxygens (including phenoxy) is 1. The SMILES string of the molecule is COc1ccc(-c2nc3c(C(C)(C)C)cc(C(C)(C)C)c(O)c3o2)cc1. The van der Waals surface area contributed by atoms with Crippen molar-refractivity contribution in [1.82, 2.24) is 4.98 Å². The van der Waals surface area contributed by atoms with Crippen LogP contribution in [0.1, 0.15) is 52.7 Å². The monoisotopic (exact) mass is 353 g/mol. The fraction of sp³-hybridized carbons (Fsp3) is 0.409. The van der Waals surface area contributed by atoms with Crippen LogP contribution >= 0.6 is 0 Å². The highest BCUT2D eigenvalue weighted by atomic mass is 16.5. The molecule has 0 bridgehead atoms. The van der Waals surface area contributed by atoms with Crippen LogP contribution in [0.5, 0.6) is 11.5 Å². The molecule has 0 spiro atoms. The van der Waals surface area contributed by atoms with E-state index < -0.39 is 0 Å². The number of phenols is 1. The lowest BCUT2D eigenvalue weighted by Crippen LogP contribution is -2.17. The third-order valence-electron chi connectivity index (χ3n) is 4.59. The number of fused-ring (bicyclic) bond motifs is 1. The van der Waals surface area contributed by atoms with Crippen molar-refractivity contribution in [3.63, 3.8) is 0 Å². The molecular formula is C22H27NO3. The molecule has 0 radical (unpaired) electrons. The number of aromatic nitrogens is 1. The molecule has 1 N–H and O–H groups in total. The number of phenolic OH excluding ortho intramolecular Hbond substituents is 1. The minimum Gasteiger partial charge on any atom is -0.504 e. The maximum Gasteiger partial charge on any atom is 0.227 e. The Morgan fingerprint density at radius 1 is 0.923 bits per heavy atom. The summed E-state index contributed by atoms with van der Waals surface area (Å²) in [6, 6.07) is 9.62. The van der Waals surface area contributed by atoms with Crippen LogP contribution in [0.2, 0.25) is 0 Å². The predicted molar refractivity (Wildman–Crippen MR) is 105 cm³/mol. The molecule has 3 rings (SSSR count). The quantitative estimate of drug-likeness (QED) is 0.632. The van der Waals surface area contributed by atoms with E-state index in [4.69, 9.17) is 14.1 Å². The van der Waals surface area contributed by atoms with E-state index >= 15 is 0 Å². The highest BCUT2D eigenvalue weighted by Crippen LogP contribution is 2.43. The van der Waals surface area contributed by atoms with E-state index in [1.165, 1.54) is 0 Å². The van der Waals surface area contributed by atoms with E-state index in [1.807, 2.05) is 24.3 Å². The van der Waals surface area contributed by atoms with Gasteiger partial charge >= 0.3 is 0 Å². The highest BCUT2D eigenvalue weighted by molar-refractivity contribution is 5.87. The van der Waals surface area contributed by atoms with Crippen molar-refractivity contribution < 1.29 is 14.3 Å². The summed E-state index contributed by atoms with van der Waals surface area (Å²) in [4.78, 5) is 4.72. The summed E-state index contributed by atoms with van der Waals surface area (Å²) < 4.78 is 11.2. The summed E-state index contributed by atoms with van der Waals surface area (Å²) in [6.07, 6.45) is 0. The minimum absolute atomic E-state index is 0.125. The average Bonchev–Trinajstić information content (AvgIpc) is 2.98. The van der Waals surface area contributed by atoms with Crippen molar-refractivity contribution in [3.05, 3.63) is 41.5 Å².